The molecule has 0 saturated carbocycles. The molecule has 4 nitrogen and oxygen atoms in total. The van der Waals surface area contributed by atoms with Gasteiger partial charge in [0.05, 0.1) is 11.0 Å². The molecule has 0 spiro atoms. The minimum Gasteiger partial charge on any atom is -0.325 e. The van der Waals surface area contributed by atoms with E-state index < -0.39 is 0 Å². The van der Waals surface area contributed by atoms with Gasteiger partial charge in [0.2, 0.25) is 0 Å². The first kappa shape index (κ1) is 9.72. The number of rotatable bonds is 1. The van der Waals surface area contributed by atoms with E-state index in [2.05, 4.69) is 35.9 Å². The number of nitrogens with zero attached hydrogens (tertiary/aromatic N) is 3. The van der Waals surface area contributed by atoms with E-state index in [1.807, 2.05) is 25.1 Å². The predicted molar refractivity (Wildman–Crippen MR) is 66.3 cm³/mol. The van der Waals surface area contributed by atoms with Gasteiger partial charge in [-0.05, 0) is 18.2 Å². The second-order valence-electron chi connectivity index (χ2n) is 3.57. The molecule has 0 radical (unpaired) electrons. The molecule has 0 aliphatic carbocycles. The van der Waals surface area contributed by atoms with Crippen molar-refractivity contribution in [3.05, 3.63) is 28.5 Å². The van der Waals surface area contributed by atoms with Gasteiger partial charge < -0.3 is 4.98 Å². The maximum Gasteiger partial charge on any atom is 0.198 e. The average Bonchev–Trinajstić information content (AvgIpc) is 2.67. The molecule has 0 atom stereocenters. The van der Waals surface area contributed by atoms with Gasteiger partial charge in [0.25, 0.3) is 0 Å². The smallest absolute Gasteiger partial charge is 0.198 e. The zero-order valence-electron chi connectivity index (χ0n) is 8.66. The molecule has 3 aromatic rings. The summed E-state index contributed by atoms with van der Waals surface area (Å²) >= 11 is 3.42. The zero-order chi connectivity index (χ0) is 11.1. The van der Waals surface area contributed by atoms with Crippen LogP contribution in [0.5, 0.6) is 0 Å². The van der Waals surface area contributed by atoms with Crippen molar-refractivity contribution in [1.29, 1.82) is 0 Å². The van der Waals surface area contributed by atoms with Gasteiger partial charge in [-0.25, -0.2) is 15.0 Å². The number of hydrogen-bond acceptors (Lipinski definition) is 3. The number of aromatic nitrogens is 4. The molecule has 80 valence electrons. The van der Waals surface area contributed by atoms with Gasteiger partial charge in [-0.3, -0.25) is 0 Å². The lowest BCUT2D eigenvalue weighted by Gasteiger charge is -1.96. The van der Waals surface area contributed by atoms with Crippen LogP contribution in [0.2, 0.25) is 0 Å². The van der Waals surface area contributed by atoms with E-state index >= 15 is 0 Å². The third-order valence-corrected chi connectivity index (χ3v) is 2.94. The first-order valence-electron chi connectivity index (χ1n) is 5.08. The topological polar surface area (TPSA) is 54.5 Å². The molecule has 16 heavy (non-hydrogen) atoms. The molecule has 0 unspecified atom stereocenters. The van der Waals surface area contributed by atoms with Gasteiger partial charge in [-0.2, -0.15) is 0 Å². The van der Waals surface area contributed by atoms with Gasteiger partial charge >= 0.3 is 0 Å². The van der Waals surface area contributed by atoms with Crippen molar-refractivity contribution in [3.8, 4) is 0 Å². The fourth-order valence-electron chi connectivity index (χ4n) is 1.64. The maximum atomic E-state index is 4.50. The van der Waals surface area contributed by atoms with Crippen LogP contribution in [0.3, 0.4) is 0 Å². The summed E-state index contributed by atoms with van der Waals surface area (Å²) in [7, 11) is 0. The third kappa shape index (κ3) is 1.48. The molecule has 0 bridgehead atoms. The Kier molecular flexibility index (Phi) is 2.14. The molecule has 2 aromatic heterocycles. The number of H-pyrrole nitrogens is 1. The normalized spacial score (nSPS) is 11.4. The highest BCUT2D eigenvalue weighted by Gasteiger charge is 2.06. The van der Waals surface area contributed by atoms with Crippen LogP contribution in [-0.2, 0) is 6.42 Å². The van der Waals surface area contributed by atoms with Crippen LogP contribution >= 0.6 is 15.9 Å². The largest absolute Gasteiger partial charge is 0.325 e. The van der Waals surface area contributed by atoms with Crippen molar-refractivity contribution < 1.29 is 0 Å². The maximum absolute atomic E-state index is 4.50. The van der Waals surface area contributed by atoms with Crippen molar-refractivity contribution in [2.24, 2.45) is 0 Å². The van der Waals surface area contributed by atoms with Crippen LogP contribution in [0.15, 0.2) is 22.7 Å². The van der Waals surface area contributed by atoms with Crippen LogP contribution in [0.25, 0.3) is 22.3 Å². The number of halogens is 1. The fraction of sp³-hybridized carbons (Fsp3) is 0.182. The van der Waals surface area contributed by atoms with E-state index in [1.54, 1.807) is 0 Å². The number of hydrogen-bond donors (Lipinski definition) is 1. The lowest BCUT2D eigenvalue weighted by Crippen LogP contribution is -1.85. The van der Waals surface area contributed by atoms with Crippen LogP contribution in [0.1, 0.15) is 12.7 Å². The monoisotopic (exact) mass is 276 g/mol. The summed E-state index contributed by atoms with van der Waals surface area (Å²) in [6, 6.07) is 5.84. The van der Waals surface area contributed by atoms with Gasteiger partial charge in [-0.1, -0.05) is 22.9 Å². The Hall–Kier alpha value is -1.49. The number of nitrogens with one attached hydrogen (secondary N) is 1. The standard InChI is InChI=1S/C11H9BrN4/c1-2-9-15-10-11(16-9)14-8-5-6(12)3-4-7(8)13-10/h3-5H,2H2,1H3,(H,13,14,15,16). The van der Waals surface area contributed by atoms with Crippen molar-refractivity contribution in [1.82, 2.24) is 19.9 Å². The second-order valence-corrected chi connectivity index (χ2v) is 4.48. The number of aryl methyl sites for hydroxylation is 1. The first-order chi connectivity index (χ1) is 7.76. The Labute approximate surface area is 100 Å². The molecule has 5 heteroatoms. The van der Waals surface area contributed by atoms with Gasteiger partial charge in [0.15, 0.2) is 11.3 Å². The number of benzene rings is 1. The van der Waals surface area contributed by atoms with Gasteiger partial charge in [0.1, 0.15) is 5.82 Å². The first-order valence-corrected chi connectivity index (χ1v) is 5.87. The highest BCUT2D eigenvalue weighted by Crippen LogP contribution is 2.18. The Balaban J connectivity index is 2.37. The van der Waals surface area contributed by atoms with Gasteiger partial charge in [0, 0.05) is 10.9 Å². The predicted octanol–water partition coefficient (Wildman–Crippen LogP) is 2.83. The summed E-state index contributed by atoms with van der Waals surface area (Å²) in [5.74, 6) is 0.921. The quantitative estimate of drug-likeness (QED) is 0.744. The van der Waals surface area contributed by atoms with Crippen molar-refractivity contribution in [2.45, 2.75) is 13.3 Å². The molecule has 0 saturated heterocycles. The second kappa shape index (κ2) is 3.52. The van der Waals surface area contributed by atoms with Crippen LogP contribution in [0.4, 0.5) is 0 Å². The number of fused-ring (bicyclic) bond motifs is 2. The minimum atomic E-state index is 0.687. The summed E-state index contributed by atoms with van der Waals surface area (Å²) in [4.78, 5) is 16.5. The minimum absolute atomic E-state index is 0.687. The third-order valence-electron chi connectivity index (χ3n) is 2.45. The average molecular weight is 277 g/mol. The molecule has 0 fully saturated rings. The Bertz CT molecular complexity index is 674. The van der Waals surface area contributed by atoms with Crippen LogP contribution in [-0.4, -0.2) is 19.9 Å². The fourth-order valence-corrected chi connectivity index (χ4v) is 1.99. The summed E-state index contributed by atoms with van der Waals surface area (Å²) in [5, 5.41) is 0. The van der Waals surface area contributed by atoms with Gasteiger partial charge in [-0.15, -0.1) is 0 Å². The Morgan fingerprint density at radius 3 is 2.88 bits per heavy atom. The molecular weight excluding hydrogens is 268 g/mol. The number of imidazole rings is 1. The molecule has 0 aliphatic rings. The Morgan fingerprint density at radius 1 is 1.19 bits per heavy atom. The van der Waals surface area contributed by atoms with E-state index in [9.17, 15) is 0 Å². The van der Waals surface area contributed by atoms with E-state index in [0.717, 1.165) is 33.4 Å². The summed E-state index contributed by atoms with van der Waals surface area (Å²) < 4.78 is 1.00. The van der Waals surface area contributed by atoms with Crippen LogP contribution in [0, 0.1) is 0 Å². The van der Waals surface area contributed by atoms with Crippen molar-refractivity contribution in [2.75, 3.05) is 0 Å². The molecule has 0 amide bonds. The van der Waals surface area contributed by atoms with Crippen LogP contribution < -0.4 is 0 Å². The van der Waals surface area contributed by atoms with E-state index in [0.29, 0.717) is 5.65 Å². The molecule has 0 aliphatic heterocycles. The lowest BCUT2D eigenvalue weighted by molar-refractivity contribution is 0.996. The van der Waals surface area contributed by atoms with Crippen molar-refractivity contribution in [3.63, 3.8) is 0 Å². The summed E-state index contributed by atoms with van der Waals surface area (Å²) in [6.07, 6.45) is 0.859. The number of aromatic amines is 1. The summed E-state index contributed by atoms with van der Waals surface area (Å²) in [6.45, 7) is 2.05. The highest BCUT2D eigenvalue weighted by atomic mass is 79.9. The Morgan fingerprint density at radius 2 is 2.06 bits per heavy atom. The van der Waals surface area contributed by atoms with E-state index in [1.165, 1.54) is 0 Å². The summed E-state index contributed by atoms with van der Waals surface area (Å²) in [5.41, 5.74) is 3.17. The zero-order valence-corrected chi connectivity index (χ0v) is 10.2. The molecular formula is C11H9BrN4. The molecule has 1 N–H and O–H groups in total. The van der Waals surface area contributed by atoms with Crippen molar-refractivity contribution >= 4 is 38.3 Å². The van der Waals surface area contributed by atoms with E-state index in [4.69, 9.17) is 0 Å². The molecule has 3 rings (SSSR count). The highest BCUT2D eigenvalue weighted by molar-refractivity contribution is 9.10. The molecule has 1 aromatic carbocycles. The lowest BCUT2D eigenvalue weighted by atomic mass is 10.3. The molecule has 2 heterocycles. The SMILES string of the molecule is CCc1nc2nc3ccc(Br)cc3nc2[nH]1. The van der Waals surface area contributed by atoms with E-state index in [-0.39, 0.29) is 0 Å².